The standard InChI is InChI=1S/C20H19ClN2O4/c21-14-2-4-15(5-3-14)23-10-8-16(20(23)25)19(24)22-9-7-13-1-6-17-18(11-13)27-12-26-17/h1-6,11,16H,7-10,12H2,(H,22,24). The fourth-order valence-electron chi connectivity index (χ4n) is 3.35. The zero-order chi connectivity index (χ0) is 18.8. The number of hydrogen-bond acceptors (Lipinski definition) is 4. The molecule has 2 aromatic carbocycles. The molecule has 6 nitrogen and oxygen atoms in total. The number of nitrogens with zero attached hydrogens (tertiary/aromatic N) is 1. The highest BCUT2D eigenvalue weighted by atomic mass is 35.5. The van der Waals surface area contributed by atoms with Crippen molar-refractivity contribution in [2.75, 3.05) is 24.8 Å². The van der Waals surface area contributed by atoms with Gasteiger partial charge in [-0.05, 0) is 54.8 Å². The van der Waals surface area contributed by atoms with Crippen molar-refractivity contribution < 1.29 is 19.1 Å². The Morgan fingerprint density at radius 1 is 1.15 bits per heavy atom. The largest absolute Gasteiger partial charge is 0.454 e. The zero-order valence-electron chi connectivity index (χ0n) is 14.6. The van der Waals surface area contributed by atoms with Crippen LogP contribution in [0.15, 0.2) is 42.5 Å². The van der Waals surface area contributed by atoms with E-state index in [0.717, 1.165) is 22.7 Å². The number of anilines is 1. The molecule has 27 heavy (non-hydrogen) atoms. The minimum absolute atomic E-state index is 0.169. The van der Waals surface area contributed by atoms with E-state index in [0.29, 0.717) is 31.0 Å². The van der Waals surface area contributed by atoms with Gasteiger partial charge < -0.3 is 19.7 Å². The third-order valence-corrected chi connectivity index (χ3v) is 5.06. The summed E-state index contributed by atoms with van der Waals surface area (Å²) in [6, 6.07) is 12.8. The Labute approximate surface area is 162 Å². The van der Waals surface area contributed by atoms with Crippen molar-refractivity contribution >= 4 is 29.1 Å². The lowest BCUT2D eigenvalue weighted by Crippen LogP contribution is -2.37. The smallest absolute Gasteiger partial charge is 0.239 e. The lowest BCUT2D eigenvalue weighted by molar-refractivity contribution is -0.132. The van der Waals surface area contributed by atoms with Crippen molar-refractivity contribution in [3.63, 3.8) is 0 Å². The average Bonchev–Trinajstić information content (AvgIpc) is 3.28. The number of halogens is 1. The predicted octanol–water partition coefficient (Wildman–Crippen LogP) is 2.78. The minimum atomic E-state index is -0.641. The first-order valence-electron chi connectivity index (χ1n) is 8.85. The molecule has 0 bridgehead atoms. The van der Waals surface area contributed by atoms with Crippen molar-refractivity contribution in [3.05, 3.63) is 53.1 Å². The number of hydrogen-bond donors (Lipinski definition) is 1. The third kappa shape index (κ3) is 3.71. The number of carbonyl (C=O) groups is 2. The second-order valence-corrected chi connectivity index (χ2v) is 6.97. The highest BCUT2D eigenvalue weighted by Gasteiger charge is 2.37. The van der Waals surface area contributed by atoms with Crippen LogP contribution >= 0.6 is 11.6 Å². The van der Waals surface area contributed by atoms with Gasteiger partial charge in [-0.25, -0.2) is 0 Å². The molecular weight excluding hydrogens is 368 g/mol. The SMILES string of the molecule is O=C(NCCc1ccc2c(c1)OCO2)C1CCN(c2ccc(Cl)cc2)C1=O. The molecule has 0 radical (unpaired) electrons. The van der Waals surface area contributed by atoms with E-state index in [1.54, 1.807) is 29.2 Å². The quantitative estimate of drug-likeness (QED) is 0.802. The van der Waals surface area contributed by atoms with Gasteiger partial charge in [0.15, 0.2) is 11.5 Å². The van der Waals surface area contributed by atoms with Crippen LogP contribution in [0.5, 0.6) is 11.5 Å². The van der Waals surface area contributed by atoms with Gasteiger partial charge in [-0.3, -0.25) is 9.59 Å². The molecule has 140 valence electrons. The van der Waals surface area contributed by atoms with Gasteiger partial charge in [0.1, 0.15) is 5.92 Å². The fourth-order valence-corrected chi connectivity index (χ4v) is 3.48. The van der Waals surface area contributed by atoms with Crippen LogP contribution in [0.2, 0.25) is 5.02 Å². The van der Waals surface area contributed by atoms with E-state index in [2.05, 4.69) is 5.32 Å². The molecule has 1 saturated heterocycles. The summed E-state index contributed by atoms with van der Waals surface area (Å²) in [6.07, 6.45) is 1.17. The number of amides is 2. The van der Waals surface area contributed by atoms with Crippen LogP contribution in [0.3, 0.4) is 0 Å². The van der Waals surface area contributed by atoms with E-state index in [1.807, 2.05) is 18.2 Å². The lowest BCUT2D eigenvalue weighted by atomic mass is 10.1. The zero-order valence-corrected chi connectivity index (χ0v) is 15.4. The molecule has 7 heteroatoms. The molecule has 2 aliphatic rings. The maximum absolute atomic E-state index is 12.6. The molecule has 0 aliphatic carbocycles. The Morgan fingerprint density at radius 2 is 1.93 bits per heavy atom. The Hall–Kier alpha value is -2.73. The summed E-state index contributed by atoms with van der Waals surface area (Å²) in [5, 5.41) is 3.49. The minimum Gasteiger partial charge on any atom is -0.454 e. The molecule has 2 aromatic rings. The summed E-state index contributed by atoms with van der Waals surface area (Å²) in [5.41, 5.74) is 1.81. The maximum Gasteiger partial charge on any atom is 0.239 e. The Morgan fingerprint density at radius 3 is 2.74 bits per heavy atom. The number of ether oxygens (including phenoxy) is 2. The number of rotatable bonds is 5. The number of carbonyl (C=O) groups excluding carboxylic acids is 2. The first kappa shape index (κ1) is 17.7. The van der Waals surface area contributed by atoms with Gasteiger partial charge in [-0.1, -0.05) is 17.7 Å². The molecule has 4 rings (SSSR count). The van der Waals surface area contributed by atoms with Crippen LogP contribution in [-0.2, 0) is 16.0 Å². The van der Waals surface area contributed by atoms with Crippen LogP contribution < -0.4 is 19.7 Å². The average molecular weight is 387 g/mol. The van der Waals surface area contributed by atoms with Crippen molar-refractivity contribution in [2.45, 2.75) is 12.8 Å². The van der Waals surface area contributed by atoms with Crippen LogP contribution in [0.1, 0.15) is 12.0 Å². The summed E-state index contributed by atoms with van der Waals surface area (Å²) < 4.78 is 10.6. The Kier molecular flexibility index (Phi) is 4.90. The second-order valence-electron chi connectivity index (χ2n) is 6.54. The molecule has 2 amide bonds. The number of nitrogens with one attached hydrogen (secondary N) is 1. The van der Waals surface area contributed by atoms with Gasteiger partial charge >= 0.3 is 0 Å². The molecule has 0 spiro atoms. The van der Waals surface area contributed by atoms with Gasteiger partial charge in [0.05, 0.1) is 0 Å². The summed E-state index contributed by atoms with van der Waals surface area (Å²) in [6.45, 7) is 1.23. The molecular formula is C20H19ClN2O4. The normalized spacial score (nSPS) is 18.0. The van der Waals surface area contributed by atoms with Crippen LogP contribution in [-0.4, -0.2) is 31.7 Å². The first-order chi connectivity index (χ1) is 13.1. The maximum atomic E-state index is 12.6. The van der Waals surface area contributed by atoms with Gasteiger partial charge in [0, 0.05) is 23.8 Å². The number of fused-ring (bicyclic) bond motifs is 1. The lowest BCUT2D eigenvalue weighted by Gasteiger charge is -2.17. The summed E-state index contributed by atoms with van der Waals surface area (Å²) in [5.74, 6) is 0.428. The summed E-state index contributed by atoms with van der Waals surface area (Å²) in [7, 11) is 0. The van der Waals surface area contributed by atoms with Crippen molar-refractivity contribution in [2.24, 2.45) is 5.92 Å². The van der Waals surface area contributed by atoms with Crippen molar-refractivity contribution in [3.8, 4) is 11.5 Å². The molecule has 2 heterocycles. The van der Waals surface area contributed by atoms with E-state index in [1.165, 1.54) is 0 Å². The van der Waals surface area contributed by atoms with Crippen molar-refractivity contribution in [1.29, 1.82) is 0 Å². The fraction of sp³-hybridized carbons (Fsp3) is 0.300. The predicted molar refractivity (Wildman–Crippen MR) is 101 cm³/mol. The van der Waals surface area contributed by atoms with E-state index < -0.39 is 5.92 Å². The molecule has 1 N–H and O–H groups in total. The topological polar surface area (TPSA) is 67.9 Å². The van der Waals surface area contributed by atoms with E-state index in [9.17, 15) is 9.59 Å². The monoisotopic (exact) mass is 386 g/mol. The molecule has 2 aliphatic heterocycles. The Bertz CT molecular complexity index is 869. The number of benzene rings is 2. The summed E-state index contributed by atoms with van der Waals surface area (Å²) >= 11 is 5.89. The molecule has 1 atom stereocenters. The van der Waals surface area contributed by atoms with Crippen LogP contribution in [0.4, 0.5) is 5.69 Å². The molecule has 0 saturated carbocycles. The molecule has 0 aromatic heterocycles. The molecule has 1 unspecified atom stereocenters. The van der Waals surface area contributed by atoms with Gasteiger partial charge in [0.25, 0.3) is 0 Å². The van der Waals surface area contributed by atoms with Gasteiger partial charge in [0.2, 0.25) is 18.6 Å². The van der Waals surface area contributed by atoms with E-state index >= 15 is 0 Å². The summed E-state index contributed by atoms with van der Waals surface area (Å²) in [4.78, 5) is 26.7. The van der Waals surface area contributed by atoms with Crippen molar-refractivity contribution in [1.82, 2.24) is 5.32 Å². The van der Waals surface area contributed by atoms with Crippen LogP contribution in [0.25, 0.3) is 0 Å². The third-order valence-electron chi connectivity index (χ3n) is 4.81. The van der Waals surface area contributed by atoms with Gasteiger partial charge in [-0.15, -0.1) is 0 Å². The van der Waals surface area contributed by atoms with E-state index in [4.69, 9.17) is 21.1 Å². The Balaban J connectivity index is 1.31. The van der Waals surface area contributed by atoms with Crippen LogP contribution in [0, 0.1) is 5.92 Å². The highest BCUT2D eigenvalue weighted by molar-refractivity contribution is 6.30. The first-order valence-corrected chi connectivity index (χ1v) is 9.23. The highest BCUT2D eigenvalue weighted by Crippen LogP contribution is 2.32. The van der Waals surface area contributed by atoms with Gasteiger partial charge in [-0.2, -0.15) is 0 Å². The molecule has 1 fully saturated rings. The van der Waals surface area contributed by atoms with E-state index in [-0.39, 0.29) is 18.6 Å². The second kappa shape index (κ2) is 7.48.